The summed E-state index contributed by atoms with van der Waals surface area (Å²) >= 11 is 0. The highest BCUT2D eigenvalue weighted by Crippen LogP contribution is 2.37. The Morgan fingerprint density at radius 3 is 2.60 bits per heavy atom. The van der Waals surface area contributed by atoms with Crippen LogP contribution in [-0.4, -0.2) is 62.4 Å². The number of rotatable bonds is 5. The summed E-state index contributed by atoms with van der Waals surface area (Å²) in [6, 6.07) is 8.78. The molecule has 168 valence electrons. The number of hydrogen-bond donors (Lipinski definition) is 2. The van der Waals surface area contributed by atoms with Gasteiger partial charge in [-0.3, -0.25) is 4.99 Å². The van der Waals surface area contributed by atoms with Crippen molar-refractivity contribution in [3.8, 4) is 0 Å². The number of ether oxygens (including phenoxy) is 2. The number of guanidine groups is 1. The third-order valence-electron chi connectivity index (χ3n) is 6.09. The monoisotopic (exact) mass is 530 g/mol. The zero-order valence-electron chi connectivity index (χ0n) is 18.1. The van der Waals surface area contributed by atoms with Crippen molar-refractivity contribution in [2.24, 2.45) is 10.7 Å². The van der Waals surface area contributed by atoms with E-state index in [4.69, 9.17) is 20.2 Å². The van der Waals surface area contributed by atoms with E-state index in [-0.39, 0.29) is 41.5 Å². The molecular weight excluding hydrogens is 495 g/mol. The number of nitrogens with one attached hydrogen (secondary N) is 1. The van der Waals surface area contributed by atoms with Gasteiger partial charge in [0.05, 0.1) is 13.2 Å². The summed E-state index contributed by atoms with van der Waals surface area (Å²) in [7, 11) is 0. The minimum absolute atomic E-state index is 0. The molecule has 0 radical (unpaired) electrons. The van der Waals surface area contributed by atoms with Crippen LogP contribution in [0.4, 0.5) is 4.79 Å². The molecule has 7 nitrogen and oxygen atoms in total. The smallest absolute Gasteiger partial charge is 0.409 e. The van der Waals surface area contributed by atoms with Crippen molar-refractivity contribution in [1.82, 2.24) is 10.2 Å². The van der Waals surface area contributed by atoms with Crippen LogP contribution in [0.1, 0.15) is 43.7 Å². The predicted molar refractivity (Wildman–Crippen MR) is 130 cm³/mol. The van der Waals surface area contributed by atoms with Gasteiger partial charge in [-0.25, -0.2) is 4.79 Å². The second-order valence-electron chi connectivity index (χ2n) is 8.01. The fraction of sp³-hybridized carbons (Fsp3) is 0.636. The molecule has 2 aliphatic heterocycles. The van der Waals surface area contributed by atoms with Crippen molar-refractivity contribution in [2.45, 2.75) is 51.0 Å². The average Bonchev–Trinajstić information content (AvgIpc) is 2.74. The number of likely N-dealkylation sites (tertiary alicyclic amines) is 1. The lowest BCUT2D eigenvalue weighted by Gasteiger charge is -2.38. The molecule has 1 aromatic carbocycles. The van der Waals surface area contributed by atoms with Crippen LogP contribution in [0.5, 0.6) is 0 Å². The molecule has 30 heavy (non-hydrogen) atoms. The zero-order chi connectivity index (χ0) is 20.7. The van der Waals surface area contributed by atoms with Crippen LogP contribution in [0.25, 0.3) is 0 Å². The van der Waals surface area contributed by atoms with Crippen LogP contribution < -0.4 is 11.1 Å². The third kappa shape index (κ3) is 6.23. The summed E-state index contributed by atoms with van der Waals surface area (Å²) in [6.45, 7) is 7.91. The molecule has 0 bridgehead atoms. The van der Waals surface area contributed by atoms with E-state index in [0.29, 0.717) is 32.2 Å². The fourth-order valence-corrected chi connectivity index (χ4v) is 4.36. The number of halogens is 1. The topological polar surface area (TPSA) is 89.2 Å². The maximum Gasteiger partial charge on any atom is 0.409 e. The lowest BCUT2D eigenvalue weighted by Crippen LogP contribution is -2.49. The Labute approximate surface area is 196 Å². The zero-order valence-corrected chi connectivity index (χ0v) is 20.4. The number of nitrogens with zero attached hydrogens (tertiary/aromatic N) is 2. The van der Waals surface area contributed by atoms with Crippen LogP contribution in [0.3, 0.4) is 0 Å². The minimum atomic E-state index is -0.229. The van der Waals surface area contributed by atoms with E-state index in [0.717, 1.165) is 38.9 Å². The highest BCUT2D eigenvalue weighted by atomic mass is 127. The van der Waals surface area contributed by atoms with E-state index < -0.39 is 0 Å². The lowest BCUT2D eigenvalue weighted by molar-refractivity contribution is 0.0529. The number of aryl methyl sites for hydroxylation is 1. The number of carbonyl (C=O) groups excluding carboxylic acids is 1. The average molecular weight is 530 g/mol. The van der Waals surface area contributed by atoms with Gasteiger partial charge in [0.25, 0.3) is 0 Å². The van der Waals surface area contributed by atoms with Crippen molar-refractivity contribution in [3.05, 3.63) is 35.4 Å². The number of amides is 1. The SMILES string of the molecule is CCOC(=O)N1CCC(NC(N)=NCC2(c3ccccc3C)CCOCC2)CC1.I. The van der Waals surface area contributed by atoms with Crippen molar-refractivity contribution in [3.63, 3.8) is 0 Å². The van der Waals surface area contributed by atoms with E-state index in [2.05, 4.69) is 36.5 Å². The quantitative estimate of drug-likeness (QED) is 0.347. The summed E-state index contributed by atoms with van der Waals surface area (Å²) in [6.07, 6.45) is 3.35. The molecule has 3 N–H and O–H groups in total. The van der Waals surface area contributed by atoms with Gasteiger partial charge in [0.15, 0.2) is 5.96 Å². The number of nitrogens with two attached hydrogens (primary N) is 1. The molecule has 2 aliphatic rings. The molecule has 0 saturated carbocycles. The summed E-state index contributed by atoms with van der Waals surface area (Å²) in [5.41, 5.74) is 8.86. The molecule has 0 aliphatic carbocycles. The third-order valence-corrected chi connectivity index (χ3v) is 6.09. The first-order chi connectivity index (χ1) is 14.0. The Morgan fingerprint density at radius 1 is 1.30 bits per heavy atom. The van der Waals surface area contributed by atoms with E-state index in [1.54, 1.807) is 4.90 Å². The molecule has 1 aromatic rings. The van der Waals surface area contributed by atoms with Crippen molar-refractivity contribution < 1.29 is 14.3 Å². The number of piperidine rings is 1. The second kappa shape index (κ2) is 11.7. The molecule has 2 heterocycles. The number of aliphatic imine (C=N–C) groups is 1. The van der Waals surface area contributed by atoms with Gasteiger partial charge < -0.3 is 25.4 Å². The number of benzene rings is 1. The largest absolute Gasteiger partial charge is 0.450 e. The van der Waals surface area contributed by atoms with Crippen molar-refractivity contribution >= 4 is 36.0 Å². The molecule has 0 unspecified atom stereocenters. The first-order valence-electron chi connectivity index (χ1n) is 10.7. The molecule has 0 atom stereocenters. The van der Waals surface area contributed by atoms with Gasteiger partial charge in [0.1, 0.15) is 0 Å². The minimum Gasteiger partial charge on any atom is -0.450 e. The highest BCUT2D eigenvalue weighted by molar-refractivity contribution is 14.0. The van der Waals surface area contributed by atoms with Crippen LogP contribution in [0.2, 0.25) is 0 Å². The summed E-state index contributed by atoms with van der Waals surface area (Å²) in [5.74, 6) is 0.485. The molecule has 2 saturated heterocycles. The summed E-state index contributed by atoms with van der Waals surface area (Å²) in [5, 5.41) is 3.35. The highest BCUT2D eigenvalue weighted by Gasteiger charge is 2.35. The van der Waals surface area contributed by atoms with Crippen LogP contribution in [-0.2, 0) is 14.9 Å². The molecular formula is C22H35IN4O3. The van der Waals surface area contributed by atoms with E-state index in [1.165, 1.54) is 11.1 Å². The fourth-order valence-electron chi connectivity index (χ4n) is 4.36. The van der Waals surface area contributed by atoms with Crippen molar-refractivity contribution in [1.29, 1.82) is 0 Å². The maximum atomic E-state index is 11.8. The van der Waals surface area contributed by atoms with E-state index in [9.17, 15) is 4.79 Å². The summed E-state index contributed by atoms with van der Waals surface area (Å²) in [4.78, 5) is 18.3. The predicted octanol–water partition coefficient (Wildman–Crippen LogP) is 3.19. The van der Waals surface area contributed by atoms with Gasteiger partial charge in [-0.05, 0) is 50.7 Å². The molecule has 1 amide bonds. The number of carbonyl (C=O) groups is 1. The van der Waals surface area contributed by atoms with E-state index >= 15 is 0 Å². The molecule has 0 spiro atoms. The Kier molecular flexibility index (Phi) is 9.67. The first-order valence-corrected chi connectivity index (χ1v) is 10.7. The van der Waals surface area contributed by atoms with Gasteiger partial charge in [0.2, 0.25) is 0 Å². The van der Waals surface area contributed by atoms with Crippen molar-refractivity contribution in [2.75, 3.05) is 39.5 Å². The Balaban J connectivity index is 0.00000320. The summed E-state index contributed by atoms with van der Waals surface area (Å²) < 4.78 is 10.7. The van der Waals surface area contributed by atoms with Gasteiger partial charge in [-0.2, -0.15) is 0 Å². The standard InChI is InChI=1S/C22H34N4O3.HI/c1-3-29-21(27)26-12-8-18(9-13-26)25-20(23)24-16-22(10-14-28-15-11-22)19-7-5-4-6-17(19)2;/h4-7,18H,3,8-16H2,1-2H3,(H3,23,24,25);1H. The molecule has 0 aromatic heterocycles. The Morgan fingerprint density at radius 2 is 1.97 bits per heavy atom. The van der Waals surface area contributed by atoms with E-state index in [1.807, 2.05) is 6.92 Å². The van der Waals surface area contributed by atoms with Crippen LogP contribution in [0, 0.1) is 6.92 Å². The lowest BCUT2D eigenvalue weighted by atomic mass is 9.72. The van der Waals surface area contributed by atoms with Gasteiger partial charge >= 0.3 is 6.09 Å². The van der Waals surface area contributed by atoms with Crippen LogP contribution in [0.15, 0.2) is 29.3 Å². The molecule has 2 fully saturated rings. The van der Waals surface area contributed by atoms with Gasteiger partial charge in [-0.1, -0.05) is 24.3 Å². The second-order valence-corrected chi connectivity index (χ2v) is 8.01. The molecule has 8 heteroatoms. The Hall–Kier alpha value is -1.55. The van der Waals surface area contributed by atoms with Gasteiger partial charge in [-0.15, -0.1) is 24.0 Å². The normalized spacial score (nSPS) is 19.7. The first kappa shape index (κ1) is 24.7. The van der Waals surface area contributed by atoms with Crippen LogP contribution >= 0.6 is 24.0 Å². The maximum absolute atomic E-state index is 11.8. The van der Waals surface area contributed by atoms with Gasteiger partial charge in [0, 0.05) is 37.8 Å². The Bertz CT molecular complexity index is 714. The molecule has 3 rings (SSSR count). The number of hydrogen-bond acceptors (Lipinski definition) is 4.